The van der Waals surface area contributed by atoms with Crippen LogP contribution in [0.1, 0.15) is 87.1 Å². The van der Waals surface area contributed by atoms with Gasteiger partial charge < -0.3 is 15.2 Å². The Kier molecular flexibility index (Phi) is 13.3. The molecule has 0 atom stereocenters. The van der Waals surface area contributed by atoms with Crippen molar-refractivity contribution in [3.63, 3.8) is 0 Å². The molecule has 0 saturated carbocycles. The molecule has 0 bridgehead atoms. The average Bonchev–Trinajstić information content (AvgIpc) is 2.85. The third-order valence-corrected chi connectivity index (χ3v) is 6.57. The second-order valence-electron chi connectivity index (χ2n) is 8.89. The van der Waals surface area contributed by atoms with Gasteiger partial charge >= 0.3 is 6.18 Å². The number of unbranched alkanes of at least 4 members (excludes halogenated alkanes) is 9. The first-order chi connectivity index (χ1) is 17.3. The smallest absolute Gasteiger partial charge is 0.417 e. The van der Waals surface area contributed by atoms with E-state index in [-0.39, 0.29) is 41.6 Å². The molecular weight excluding hydrogens is 535 g/mol. The van der Waals surface area contributed by atoms with Gasteiger partial charge in [-0.3, -0.25) is 4.79 Å². The molecule has 2 aromatic rings. The highest BCUT2D eigenvalue weighted by atomic mass is 79.9. The Bertz CT molecular complexity index is 950. The molecule has 0 heterocycles. The minimum atomic E-state index is -4.58. The predicted molar refractivity (Wildman–Crippen MR) is 141 cm³/mol. The molecule has 0 radical (unpaired) electrons. The van der Waals surface area contributed by atoms with E-state index in [1.54, 1.807) is 0 Å². The third-order valence-electron chi connectivity index (χ3n) is 5.98. The first-order valence-corrected chi connectivity index (χ1v) is 13.6. The summed E-state index contributed by atoms with van der Waals surface area (Å²) in [5, 5.41) is 12.0. The van der Waals surface area contributed by atoms with Crippen molar-refractivity contribution >= 4 is 21.8 Å². The molecule has 2 N–H and O–H groups in total. The Labute approximate surface area is 220 Å². The lowest BCUT2D eigenvalue weighted by molar-refractivity contribution is -0.137. The van der Waals surface area contributed by atoms with Gasteiger partial charge in [0.2, 0.25) is 0 Å². The molecular formula is C28H37BrF3NO3. The van der Waals surface area contributed by atoms with E-state index in [4.69, 9.17) is 9.84 Å². The summed E-state index contributed by atoms with van der Waals surface area (Å²) < 4.78 is 47.0. The fourth-order valence-corrected chi connectivity index (χ4v) is 4.68. The number of carbonyl (C=O) groups excluding carboxylic acids is 1. The molecule has 200 valence electrons. The van der Waals surface area contributed by atoms with Crippen LogP contribution in [0, 0.1) is 0 Å². The van der Waals surface area contributed by atoms with E-state index < -0.39 is 11.7 Å². The van der Waals surface area contributed by atoms with Crippen LogP contribution >= 0.6 is 15.9 Å². The number of hydrogen-bond donors (Lipinski definition) is 2. The molecule has 36 heavy (non-hydrogen) atoms. The lowest BCUT2D eigenvalue weighted by Crippen LogP contribution is -2.24. The maximum Gasteiger partial charge on any atom is 0.417 e. The molecule has 4 nitrogen and oxygen atoms in total. The summed E-state index contributed by atoms with van der Waals surface area (Å²) in [6.07, 6.45) is 7.34. The van der Waals surface area contributed by atoms with Gasteiger partial charge in [-0.05, 0) is 46.1 Å². The van der Waals surface area contributed by atoms with E-state index in [0.29, 0.717) is 11.0 Å². The fraction of sp³-hybridized carbons (Fsp3) is 0.536. The zero-order valence-corrected chi connectivity index (χ0v) is 22.5. The summed E-state index contributed by atoms with van der Waals surface area (Å²) in [4.78, 5) is 12.8. The number of halogens is 4. The molecule has 0 aliphatic carbocycles. The van der Waals surface area contributed by atoms with E-state index in [2.05, 4.69) is 28.2 Å². The van der Waals surface area contributed by atoms with Crippen LogP contribution in [0.3, 0.4) is 0 Å². The van der Waals surface area contributed by atoms with Crippen molar-refractivity contribution in [3.8, 4) is 16.9 Å². The van der Waals surface area contributed by atoms with Crippen LogP contribution in [0.4, 0.5) is 13.2 Å². The van der Waals surface area contributed by atoms with Crippen molar-refractivity contribution in [2.75, 3.05) is 19.8 Å². The minimum Gasteiger partial charge on any atom is -0.489 e. The lowest BCUT2D eigenvalue weighted by Gasteiger charge is -2.18. The number of alkyl halides is 3. The van der Waals surface area contributed by atoms with E-state index in [1.165, 1.54) is 75.3 Å². The number of hydrogen-bond acceptors (Lipinski definition) is 3. The Morgan fingerprint density at radius 2 is 1.56 bits per heavy atom. The average molecular weight is 573 g/mol. The SMILES string of the molecule is CCCCCCCCCCCCNC(=O)c1cc(Br)c(OCCO)c(-c2ccccc2C(F)(F)F)c1. The Morgan fingerprint density at radius 3 is 2.17 bits per heavy atom. The van der Waals surface area contributed by atoms with Gasteiger partial charge in [-0.15, -0.1) is 0 Å². The van der Waals surface area contributed by atoms with Crippen LogP contribution in [-0.4, -0.2) is 30.8 Å². The monoisotopic (exact) mass is 571 g/mol. The van der Waals surface area contributed by atoms with Crippen molar-refractivity contribution in [2.24, 2.45) is 0 Å². The molecule has 0 spiro atoms. The second-order valence-corrected chi connectivity index (χ2v) is 9.74. The highest BCUT2D eigenvalue weighted by molar-refractivity contribution is 9.10. The third kappa shape index (κ3) is 9.77. The first-order valence-electron chi connectivity index (χ1n) is 12.8. The molecule has 0 aliphatic heterocycles. The molecule has 1 amide bonds. The van der Waals surface area contributed by atoms with Crippen LogP contribution in [0.15, 0.2) is 40.9 Å². The van der Waals surface area contributed by atoms with E-state index in [1.807, 2.05) is 0 Å². The highest BCUT2D eigenvalue weighted by Crippen LogP contribution is 2.43. The van der Waals surface area contributed by atoms with Crippen molar-refractivity contribution in [3.05, 3.63) is 52.0 Å². The molecule has 2 aromatic carbocycles. The van der Waals surface area contributed by atoms with E-state index in [0.717, 1.165) is 25.3 Å². The van der Waals surface area contributed by atoms with E-state index >= 15 is 0 Å². The zero-order valence-electron chi connectivity index (χ0n) is 20.9. The fourth-order valence-electron chi connectivity index (χ4n) is 4.10. The summed E-state index contributed by atoms with van der Waals surface area (Å²) in [6.45, 7) is 2.33. The van der Waals surface area contributed by atoms with Crippen molar-refractivity contribution in [2.45, 2.75) is 77.3 Å². The zero-order chi connectivity index (χ0) is 26.4. The molecule has 8 heteroatoms. The summed E-state index contributed by atoms with van der Waals surface area (Å²) in [7, 11) is 0. The summed E-state index contributed by atoms with van der Waals surface area (Å²) in [5.74, 6) is -0.210. The summed E-state index contributed by atoms with van der Waals surface area (Å²) >= 11 is 3.34. The maximum atomic E-state index is 13.7. The molecule has 0 saturated heterocycles. The quantitative estimate of drug-likeness (QED) is 0.200. The largest absolute Gasteiger partial charge is 0.489 e. The van der Waals surface area contributed by atoms with Crippen molar-refractivity contribution in [1.82, 2.24) is 5.32 Å². The Balaban J connectivity index is 2.03. The van der Waals surface area contributed by atoms with Crippen molar-refractivity contribution < 1.29 is 27.8 Å². The van der Waals surface area contributed by atoms with Crippen LogP contribution in [0.25, 0.3) is 11.1 Å². The predicted octanol–water partition coefficient (Wildman–Crippen LogP) is 8.16. The Hall–Kier alpha value is -2.06. The van der Waals surface area contributed by atoms with Crippen LogP contribution in [-0.2, 0) is 6.18 Å². The molecule has 0 aromatic heterocycles. The lowest BCUT2D eigenvalue weighted by atomic mass is 9.96. The maximum absolute atomic E-state index is 13.7. The van der Waals surface area contributed by atoms with Gasteiger partial charge in [-0.25, -0.2) is 0 Å². The molecule has 0 unspecified atom stereocenters. The van der Waals surface area contributed by atoms with Gasteiger partial charge in [0.25, 0.3) is 5.91 Å². The normalized spacial score (nSPS) is 11.5. The summed E-state index contributed by atoms with van der Waals surface area (Å²) in [6, 6.07) is 8.11. The van der Waals surface area contributed by atoms with E-state index in [9.17, 15) is 18.0 Å². The Morgan fingerprint density at radius 1 is 0.944 bits per heavy atom. The number of ether oxygens (including phenoxy) is 1. The summed E-state index contributed by atoms with van der Waals surface area (Å²) in [5.41, 5.74) is -0.552. The van der Waals surface area contributed by atoms with Gasteiger partial charge in [0.1, 0.15) is 12.4 Å². The number of nitrogens with one attached hydrogen (secondary N) is 1. The van der Waals surface area contributed by atoms with Crippen LogP contribution in [0.5, 0.6) is 5.75 Å². The molecule has 0 aliphatic rings. The number of aliphatic hydroxyl groups excluding tert-OH is 1. The number of rotatable bonds is 16. The number of aliphatic hydroxyl groups is 1. The number of carbonyl (C=O) groups is 1. The van der Waals surface area contributed by atoms with Gasteiger partial charge in [-0.2, -0.15) is 13.2 Å². The van der Waals surface area contributed by atoms with Gasteiger partial charge in [0.15, 0.2) is 0 Å². The standard InChI is InChI=1S/C28H37BrF3NO3/c1-2-3-4-5-6-7-8-9-10-13-16-33-27(35)21-19-23(26(25(29)20-21)36-18-17-34)22-14-11-12-15-24(22)28(30,31)32/h11-12,14-15,19-20,34H,2-10,13,16-18H2,1H3,(H,33,35). The van der Waals surface area contributed by atoms with Gasteiger partial charge in [-0.1, -0.05) is 82.9 Å². The van der Waals surface area contributed by atoms with Gasteiger partial charge in [0, 0.05) is 17.7 Å². The highest BCUT2D eigenvalue weighted by Gasteiger charge is 2.34. The number of benzene rings is 2. The van der Waals surface area contributed by atoms with Crippen LogP contribution in [0.2, 0.25) is 0 Å². The number of amides is 1. The topological polar surface area (TPSA) is 58.6 Å². The first kappa shape index (κ1) is 30.2. The second kappa shape index (κ2) is 15.9. The molecule has 2 rings (SSSR count). The molecule has 0 fully saturated rings. The van der Waals surface area contributed by atoms with Gasteiger partial charge in [0.05, 0.1) is 16.6 Å². The van der Waals surface area contributed by atoms with Crippen LogP contribution < -0.4 is 10.1 Å². The van der Waals surface area contributed by atoms with Crippen molar-refractivity contribution in [1.29, 1.82) is 0 Å². The minimum absolute atomic E-state index is 0.0932.